The maximum absolute atomic E-state index is 12.7. The Labute approximate surface area is 293 Å². The van der Waals surface area contributed by atoms with Crippen LogP contribution < -0.4 is 4.72 Å². The van der Waals surface area contributed by atoms with Crippen LogP contribution in [-0.4, -0.2) is 54.9 Å². The Kier molecular flexibility index (Phi) is 11.4. The lowest BCUT2D eigenvalue weighted by Gasteiger charge is -2.38. The molecule has 1 fully saturated rings. The summed E-state index contributed by atoms with van der Waals surface area (Å²) in [5, 5.41) is 30.2. The number of benzene rings is 5. The molecule has 0 aromatic heterocycles. The first-order chi connectivity index (χ1) is 24.2. The Balaban J connectivity index is 1.16. The van der Waals surface area contributed by atoms with Gasteiger partial charge < -0.3 is 29.7 Å². The molecule has 0 spiro atoms. The van der Waals surface area contributed by atoms with Gasteiger partial charge in [-0.25, -0.2) is 13.1 Å². The van der Waals surface area contributed by atoms with Gasteiger partial charge >= 0.3 is 0 Å². The van der Waals surface area contributed by atoms with Gasteiger partial charge in [-0.15, -0.1) is 0 Å². The van der Waals surface area contributed by atoms with Crippen LogP contribution in [0.15, 0.2) is 132 Å². The van der Waals surface area contributed by atoms with E-state index in [9.17, 15) is 23.7 Å². The Morgan fingerprint density at radius 1 is 0.800 bits per heavy atom. The van der Waals surface area contributed by atoms with Crippen LogP contribution in [0, 0.1) is 0 Å². The van der Waals surface area contributed by atoms with Crippen LogP contribution in [0.25, 0.3) is 11.1 Å². The lowest BCUT2D eigenvalue weighted by molar-refractivity contribution is -0.252. The van der Waals surface area contributed by atoms with Gasteiger partial charge in [0.2, 0.25) is 10.0 Å². The molecule has 1 heterocycles. The van der Waals surface area contributed by atoms with Gasteiger partial charge in [0.1, 0.15) is 5.75 Å². The first kappa shape index (κ1) is 35.4. The van der Waals surface area contributed by atoms with E-state index in [1.807, 2.05) is 84.7 Å². The van der Waals surface area contributed by atoms with E-state index in [4.69, 9.17) is 9.47 Å². The van der Waals surface area contributed by atoms with Crippen LogP contribution in [0.5, 0.6) is 5.75 Å². The van der Waals surface area contributed by atoms with Gasteiger partial charge in [0.15, 0.2) is 6.29 Å². The number of aliphatic hydroxyl groups is 2. The number of hydrogen-bond acceptors (Lipinski definition) is 8. The molecule has 0 radical (unpaired) electrons. The summed E-state index contributed by atoms with van der Waals surface area (Å²) in [6.45, 7) is 1.02. The number of aliphatic hydroxyl groups excluding tert-OH is 2. The second kappa shape index (κ2) is 16.1. The van der Waals surface area contributed by atoms with Crippen molar-refractivity contribution in [2.45, 2.75) is 49.1 Å². The highest BCUT2D eigenvalue weighted by Gasteiger charge is 2.33. The van der Waals surface area contributed by atoms with Crippen molar-refractivity contribution >= 4 is 10.0 Å². The first-order valence-corrected chi connectivity index (χ1v) is 18.1. The minimum absolute atomic E-state index is 0.0367. The third kappa shape index (κ3) is 9.04. The maximum atomic E-state index is 12.7. The molecule has 5 aromatic rings. The third-order valence-electron chi connectivity index (χ3n) is 8.83. The topological polar surface area (TPSA) is 129 Å². The Morgan fingerprint density at radius 3 is 2.24 bits per heavy atom. The van der Waals surface area contributed by atoms with E-state index in [1.54, 1.807) is 54.6 Å². The monoisotopic (exact) mass is 694 g/mol. The molecule has 10 heteroatoms. The number of phenolic OH excluding ortho intramolecular Hbond substituents is 1. The summed E-state index contributed by atoms with van der Waals surface area (Å²) >= 11 is 0. The van der Waals surface area contributed by atoms with Crippen molar-refractivity contribution in [1.29, 1.82) is 0 Å². The predicted molar refractivity (Wildman–Crippen MR) is 191 cm³/mol. The van der Waals surface area contributed by atoms with Crippen LogP contribution in [0.1, 0.15) is 52.7 Å². The van der Waals surface area contributed by atoms with Crippen LogP contribution in [-0.2, 0) is 32.6 Å². The van der Waals surface area contributed by atoms with E-state index in [-0.39, 0.29) is 36.0 Å². The average Bonchev–Trinajstić information content (AvgIpc) is 3.14. The van der Waals surface area contributed by atoms with Crippen molar-refractivity contribution in [3.8, 4) is 16.9 Å². The largest absolute Gasteiger partial charge is 0.508 e. The van der Waals surface area contributed by atoms with Gasteiger partial charge in [-0.2, -0.15) is 0 Å². The molecule has 0 amide bonds. The molecule has 6 rings (SSSR count). The molecular weight excluding hydrogens is 653 g/mol. The van der Waals surface area contributed by atoms with Crippen molar-refractivity contribution in [2.24, 2.45) is 0 Å². The summed E-state index contributed by atoms with van der Waals surface area (Å²) < 4.78 is 41.2. The molecule has 1 saturated heterocycles. The minimum atomic E-state index is -3.63. The quantitative estimate of drug-likeness (QED) is 0.114. The standard InChI is InChI=1S/C40H42N2O7S/c1-42(26-38(45)34-9-6-10-35(44)22-34)25-36-23-39(31-15-13-28(27-43)14-16-31)49-40(48-36)32-19-17-30(18-20-32)33-8-5-7-29(21-33)24-41-50(46,47)37-11-3-2-4-12-37/h2-22,36,38-41,43-45H,23-27H2,1H3/t36-,38+,39+,40+/m0/s1. The lowest BCUT2D eigenvalue weighted by atomic mass is 9.99. The highest BCUT2D eigenvalue weighted by molar-refractivity contribution is 7.89. The molecule has 0 aliphatic carbocycles. The van der Waals surface area contributed by atoms with E-state index in [0.29, 0.717) is 25.1 Å². The summed E-state index contributed by atoms with van der Waals surface area (Å²) in [7, 11) is -1.70. The molecule has 9 nitrogen and oxygen atoms in total. The minimum Gasteiger partial charge on any atom is -0.508 e. The second-order valence-electron chi connectivity index (χ2n) is 12.6. The SMILES string of the molecule is CN(C[C@@H]1C[C@H](c2ccc(CO)cc2)O[C@H](c2ccc(-c3cccc(CNS(=O)(=O)c4ccccc4)c3)cc2)O1)C[C@@H](O)c1cccc(O)c1. The number of aromatic hydroxyl groups is 1. The molecule has 4 N–H and O–H groups in total. The van der Waals surface area contributed by atoms with E-state index >= 15 is 0 Å². The molecule has 1 aliphatic heterocycles. The van der Waals surface area contributed by atoms with Crippen LogP contribution in [0.3, 0.4) is 0 Å². The number of sulfonamides is 1. The van der Waals surface area contributed by atoms with Crippen molar-refractivity contribution in [2.75, 3.05) is 20.1 Å². The second-order valence-corrected chi connectivity index (χ2v) is 14.4. The molecule has 0 saturated carbocycles. The number of ether oxygens (including phenoxy) is 2. The molecule has 1 aliphatic rings. The van der Waals surface area contributed by atoms with Crippen molar-refractivity contribution in [3.63, 3.8) is 0 Å². The fourth-order valence-corrected chi connectivity index (χ4v) is 7.18. The lowest BCUT2D eigenvalue weighted by Crippen LogP contribution is -2.39. The fourth-order valence-electron chi connectivity index (χ4n) is 6.14. The zero-order valence-electron chi connectivity index (χ0n) is 27.8. The Hall–Kier alpha value is -4.39. The summed E-state index contributed by atoms with van der Waals surface area (Å²) in [6.07, 6.45) is -1.30. The molecule has 5 aromatic carbocycles. The summed E-state index contributed by atoms with van der Waals surface area (Å²) in [6, 6.07) is 38.4. The van der Waals surface area contributed by atoms with Crippen molar-refractivity contribution in [1.82, 2.24) is 9.62 Å². The normalized spacial score (nSPS) is 18.6. The summed E-state index contributed by atoms with van der Waals surface area (Å²) in [5.41, 5.74) is 6.05. The number of likely N-dealkylation sites (N-methyl/N-ethyl adjacent to an activating group) is 1. The van der Waals surface area contributed by atoms with E-state index in [1.165, 1.54) is 0 Å². The van der Waals surface area contributed by atoms with Gasteiger partial charge in [0.05, 0.1) is 29.8 Å². The number of rotatable bonds is 13. The Morgan fingerprint density at radius 2 is 1.52 bits per heavy atom. The smallest absolute Gasteiger partial charge is 0.240 e. The highest BCUT2D eigenvalue weighted by atomic mass is 32.2. The third-order valence-corrected chi connectivity index (χ3v) is 10.2. The summed E-state index contributed by atoms with van der Waals surface area (Å²) in [5.74, 6) is 0.111. The zero-order valence-corrected chi connectivity index (χ0v) is 28.6. The molecule has 260 valence electrons. The van der Waals surface area contributed by atoms with E-state index in [0.717, 1.165) is 33.4 Å². The van der Waals surface area contributed by atoms with Gasteiger partial charge in [-0.3, -0.25) is 0 Å². The summed E-state index contributed by atoms with van der Waals surface area (Å²) in [4.78, 5) is 2.24. The number of hydrogen-bond donors (Lipinski definition) is 4. The van der Waals surface area contributed by atoms with Crippen molar-refractivity contribution < 1.29 is 33.2 Å². The van der Waals surface area contributed by atoms with Gasteiger partial charge in [0, 0.05) is 31.6 Å². The van der Waals surface area contributed by atoms with Crippen molar-refractivity contribution in [3.05, 3.63) is 155 Å². The van der Waals surface area contributed by atoms with Gasteiger partial charge in [-0.05, 0) is 70.8 Å². The number of nitrogens with one attached hydrogen (secondary N) is 1. The zero-order chi connectivity index (χ0) is 35.1. The molecule has 4 atom stereocenters. The molecule has 0 bridgehead atoms. The Bertz CT molecular complexity index is 1950. The van der Waals surface area contributed by atoms with Crippen LogP contribution in [0.2, 0.25) is 0 Å². The van der Waals surface area contributed by atoms with E-state index in [2.05, 4.69) is 4.72 Å². The highest BCUT2D eigenvalue weighted by Crippen LogP contribution is 2.39. The maximum Gasteiger partial charge on any atom is 0.240 e. The number of nitrogens with zero attached hydrogens (tertiary/aromatic N) is 1. The molecular formula is C40H42N2O7S. The fraction of sp³-hybridized carbons (Fsp3) is 0.250. The molecule has 0 unspecified atom stereocenters. The van der Waals surface area contributed by atoms with Gasteiger partial charge in [0.25, 0.3) is 0 Å². The van der Waals surface area contributed by atoms with Gasteiger partial charge in [-0.1, -0.05) is 97.1 Å². The number of phenols is 1. The predicted octanol–water partition coefficient (Wildman–Crippen LogP) is 6.24. The molecule has 50 heavy (non-hydrogen) atoms. The van der Waals surface area contributed by atoms with E-state index < -0.39 is 22.4 Å². The first-order valence-electron chi connectivity index (χ1n) is 16.6. The van der Waals surface area contributed by atoms with Crippen LogP contribution >= 0.6 is 0 Å². The average molecular weight is 695 g/mol. The van der Waals surface area contributed by atoms with Crippen LogP contribution in [0.4, 0.5) is 0 Å².